The van der Waals surface area contributed by atoms with Gasteiger partial charge in [0.1, 0.15) is 17.2 Å². The summed E-state index contributed by atoms with van der Waals surface area (Å²) in [5, 5.41) is 5.16. The maximum absolute atomic E-state index is 13.4. The summed E-state index contributed by atoms with van der Waals surface area (Å²) in [6.07, 6.45) is 1.28. The van der Waals surface area contributed by atoms with Gasteiger partial charge in [-0.1, -0.05) is 18.2 Å². The van der Waals surface area contributed by atoms with Crippen LogP contribution >= 0.6 is 0 Å². The molecule has 0 atom stereocenters. The minimum atomic E-state index is -3.76. The molecule has 2 rings (SSSR count). The van der Waals surface area contributed by atoms with E-state index >= 15 is 0 Å². The average molecular weight is 301 g/mol. The van der Waals surface area contributed by atoms with Gasteiger partial charge in [0.05, 0.1) is 6.42 Å². The van der Waals surface area contributed by atoms with Crippen LogP contribution in [0.4, 0.5) is 4.39 Å². The number of sulfonamides is 1. The van der Waals surface area contributed by atoms with Crippen LogP contribution in [0.2, 0.25) is 0 Å². The highest BCUT2D eigenvalue weighted by Gasteiger charge is 2.48. The minimum absolute atomic E-state index is 0.218. The molecule has 0 unspecified atom stereocenters. The Kier molecular flexibility index (Phi) is 4.10. The normalized spacial score (nSPS) is 17.3. The number of hydrogen-bond acceptors (Lipinski definition) is 4. The topological polar surface area (TPSA) is 86.5 Å². The number of rotatable bonds is 5. The molecule has 5 nitrogen and oxygen atoms in total. The quantitative estimate of drug-likeness (QED) is 0.826. The number of esters is 1. The van der Waals surface area contributed by atoms with Gasteiger partial charge in [-0.3, -0.25) is 4.79 Å². The lowest BCUT2D eigenvalue weighted by atomic mass is 9.85. The molecule has 7 heteroatoms. The van der Waals surface area contributed by atoms with Crippen molar-refractivity contribution >= 4 is 16.0 Å². The molecule has 1 fully saturated rings. The van der Waals surface area contributed by atoms with E-state index in [-0.39, 0.29) is 18.6 Å². The summed E-state index contributed by atoms with van der Waals surface area (Å²) < 4.78 is 40.2. The summed E-state index contributed by atoms with van der Waals surface area (Å²) >= 11 is 0. The molecule has 0 saturated heterocycles. The van der Waals surface area contributed by atoms with Crippen LogP contribution in [0, 0.1) is 5.82 Å². The van der Waals surface area contributed by atoms with Gasteiger partial charge in [0, 0.05) is 0 Å². The Labute approximate surface area is 117 Å². The maximum Gasteiger partial charge on any atom is 0.310 e. The Morgan fingerprint density at radius 2 is 2.00 bits per heavy atom. The minimum Gasteiger partial charge on any atom is -0.464 e. The predicted octanol–water partition coefficient (Wildman–Crippen LogP) is 1.12. The molecule has 0 heterocycles. The van der Waals surface area contributed by atoms with Crippen molar-refractivity contribution in [2.24, 2.45) is 5.14 Å². The highest BCUT2D eigenvalue weighted by atomic mass is 32.2. The molecule has 0 bridgehead atoms. The number of halogens is 1. The van der Waals surface area contributed by atoms with E-state index in [1.54, 1.807) is 6.07 Å². The molecule has 0 amide bonds. The molecule has 0 aliphatic heterocycles. The van der Waals surface area contributed by atoms with E-state index in [1.165, 1.54) is 18.2 Å². The third-order valence-corrected chi connectivity index (χ3v) is 5.39. The van der Waals surface area contributed by atoms with Gasteiger partial charge in [-0.25, -0.2) is 17.9 Å². The number of primary sulfonamides is 1. The molecule has 2 N–H and O–H groups in total. The monoisotopic (exact) mass is 301 g/mol. The zero-order valence-corrected chi connectivity index (χ0v) is 11.7. The second-order valence-corrected chi connectivity index (χ2v) is 6.97. The van der Waals surface area contributed by atoms with Crippen LogP contribution < -0.4 is 5.14 Å². The van der Waals surface area contributed by atoms with Crippen molar-refractivity contribution in [3.05, 3.63) is 35.6 Å². The van der Waals surface area contributed by atoms with Gasteiger partial charge >= 0.3 is 5.97 Å². The van der Waals surface area contributed by atoms with Gasteiger partial charge in [0.2, 0.25) is 10.0 Å². The molecule has 1 aromatic rings. The first-order valence-corrected chi connectivity index (χ1v) is 7.80. The third kappa shape index (κ3) is 2.99. The van der Waals surface area contributed by atoms with Crippen LogP contribution in [0.5, 0.6) is 0 Å². The maximum atomic E-state index is 13.4. The summed E-state index contributed by atoms with van der Waals surface area (Å²) in [6.45, 7) is -0.265. The van der Waals surface area contributed by atoms with Crippen molar-refractivity contribution in [2.75, 3.05) is 6.61 Å². The first-order valence-electron chi connectivity index (χ1n) is 6.25. The summed E-state index contributed by atoms with van der Waals surface area (Å²) in [4.78, 5) is 11.7. The SMILES string of the molecule is NS(=O)(=O)C1(COC(=O)Cc2ccccc2F)CCC1. The van der Waals surface area contributed by atoms with Crippen LogP contribution in [0.3, 0.4) is 0 Å². The van der Waals surface area contributed by atoms with E-state index in [2.05, 4.69) is 0 Å². The number of ether oxygens (including phenoxy) is 1. The number of carbonyl (C=O) groups is 1. The Morgan fingerprint density at radius 1 is 1.35 bits per heavy atom. The Bertz CT molecular complexity index is 611. The zero-order valence-electron chi connectivity index (χ0n) is 10.8. The Morgan fingerprint density at radius 3 is 2.50 bits per heavy atom. The van der Waals surface area contributed by atoms with Gasteiger partial charge in [0.15, 0.2) is 0 Å². The fourth-order valence-electron chi connectivity index (χ4n) is 2.14. The largest absolute Gasteiger partial charge is 0.464 e. The van der Waals surface area contributed by atoms with Gasteiger partial charge in [-0.2, -0.15) is 0 Å². The molecule has 0 radical (unpaired) electrons. The van der Waals surface area contributed by atoms with Crippen LogP contribution in [0.25, 0.3) is 0 Å². The third-order valence-electron chi connectivity index (χ3n) is 3.66. The Hall–Kier alpha value is -1.47. The number of nitrogens with two attached hydrogens (primary N) is 1. The summed E-state index contributed by atoms with van der Waals surface area (Å²) in [5.74, 6) is -1.15. The van der Waals surface area contributed by atoms with E-state index in [0.717, 1.165) is 6.42 Å². The molecule has 1 saturated carbocycles. The number of benzene rings is 1. The van der Waals surface area contributed by atoms with Gasteiger partial charge in [-0.05, 0) is 30.9 Å². The predicted molar refractivity (Wildman–Crippen MR) is 70.8 cm³/mol. The van der Waals surface area contributed by atoms with E-state index in [0.29, 0.717) is 12.8 Å². The smallest absolute Gasteiger partial charge is 0.310 e. The van der Waals surface area contributed by atoms with Crippen LogP contribution in [-0.2, 0) is 26.0 Å². The lowest BCUT2D eigenvalue weighted by Gasteiger charge is -2.38. The van der Waals surface area contributed by atoms with E-state index in [1.807, 2.05) is 0 Å². The molecule has 110 valence electrons. The molecular formula is C13H16FNO4S. The molecule has 1 aliphatic rings. The van der Waals surface area contributed by atoms with E-state index in [9.17, 15) is 17.6 Å². The van der Waals surface area contributed by atoms with Crippen LogP contribution in [0.15, 0.2) is 24.3 Å². The van der Waals surface area contributed by atoms with Crippen molar-refractivity contribution in [1.82, 2.24) is 0 Å². The summed E-state index contributed by atoms with van der Waals surface area (Å²) in [6, 6.07) is 5.87. The van der Waals surface area contributed by atoms with Crippen molar-refractivity contribution in [3.8, 4) is 0 Å². The molecule has 0 spiro atoms. The molecule has 20 heavy (non-hydrogen) atoms. The van der Waals surface area contributed by atoms with Crippen molar-refractivity contribution in [1.29, 1.82) is 0 Å². The summed E-state index contributed by atoms with van der Waals surface area (Å²) in [5.41, 5.74) is 0.218. The average Bonchev–Trinajstić information content (AvgIpc) is 2.29. The number of carbonyl (C=O) groups excluding carboxylic acids is 1. The highest BCUT2D eigenvalue weighted by molar-refractivity contribution is 7.90. The molecule has 1 aliphatic carbocycles. The van der Waals surface area contributed by atoms with Gasteiger partial charge in [-0.15, -0.1) is 0 Å². The van der Waals surface area contributed by atoms with Crippen LogP contribution in [0.1, 0.15) is 24.8 Å². The van der Waals surface area contributed by atoms with Crippen molar-refractivity contribution < 1.29 is 22.3 Å². The first-order chi connectivity index (χ1) is 9.34. The van der Waals surface area contributed by atoms with Crippen molar-refractivity contribution in [2.45, 2.75) is 30.4 Å². The first kappa shape index (κ1) is 14.9. The van der Waals surface area contributed by atoms with Crippen molar-refractivity contribution in [3.63, 3.8) is 0 Å². The van der Waals surface area contributed by atoms with E-state index < -0.39 is 26.6 Å². The number of hydrogen-bond donors (Lipinski definition) is 1. The molecule has 0 aromatic heterocycles. The second-order valence-electron chi connectivity index (χ2n) is 5.01. The van der Waals surface area contributed by atoms with Gasteiger partial charge in [0.25, 0.3) is 0 Å². The zero-order chi connectivity index (χ0) is 14.8. The van der Waals surface area contributed by atoms with E-state index in [4.69, 9.17) is 9.88 Å². The fourth-order valence-corrected chi connectivity index (χ4v) is 3.22. The highest BCUT2D eigenvalue weighted by Crippen LogP contribution is 2.38. The lowest BCUT2D eigenvalue weighted by molar-refractivity contribution is -0.144. The molecule has 1 aromatic carbocycles. The van der Waals surface area contributed by atoms with Gasteiger partial charge < -0.3 is 4.74 Å². The molecular weight excluding hydrogens is 285 g/mol. The second kappa shape index (κ2) is 5.49. The Balaban J connectivity index is 1.95. The van der Waals surface area contributed by atoms with Crippen LogP contribution in [-0.4, -0.2) is 25.7 Å². The standard InChI is InChI=1S/C13H16FNO4S/c14-11-5-2-1-4-10(11)8-12(16)19-9-13(6-3-7-13)20(15,17)18/h1-2,4-5H,3,6-9H2,(H2,15,17,18). The summed E-state index contributed by atoms with van der Waals surface area (Å²) in [7, 11) is -3.76. The lowest BCUT2D eigenvalue weighted by Crippen LogP contribution is -2.52. The fraction of sp³-hybridized carbons (Fsp3) is 0.462.